The second-order valence-electron chi connectivity index (χ2n) is 6.72. The number of phenolic OH excluding ortho intramolecular Hbond substituents is 1. The molecular weight excluding hydrogens is 432 g/mol. The first kappa shape index (κ1) is 25.3. The van der Waals surface area contributed by atoms with Gasteiger partial charge in [0.05, 0.1) is 5.69 Å². The fourth-order valence-corrected chi connectivity index (χ4v) is 3.21. The third-order valence-electron chi connectivity index (χ3n) is 4.76. The Morgan fingerprint density at radius 3 is 2.61 bits per heavy atom. The summed E-state index contributed by atoms with van der Waals surface area (Å²) in [5.41, 5.74) is 1.46. The number of hydrogen-bond donors (Lipinski definition) is 3. The van der Waals surface area contributed by atoms with Crippen LogP contribution in [0, 0.1) is 5.82 Å². The Morgan fingerprint density at radius 1 is 1.26 bits per heavy atom. The van der Waals surface area contributed by atoms with E-state index in [0.717, 1.165) is 6.07 Å². The van der Waals surface area contributed by atoms with E-state index in [0.29, 0.717) is 30.0 Å². The Bertz CT molecular complexity index is 1090. The molecule has 0 unspecified atom stereocenters. The van der Waals surface area contributed by atoms with Gasteiger partial charge in [-0.25, -0.2) is 9.18 Å². The van der Waals surface area contributed by atoms with Crippen molar-refractivity contribution in [1.82, 2.24) is 9.72 Å². The number of hydrogen-bond acceptors (Lipinski definition) is 5. The van der Waals surface area contributed by atoms with E-state index < -0.39 is 11.8 Å². The van der Waals surface area contributed by atoms with E-state index in [4.69, 9.17) is 4.52 Å². The molecule has 31 heavy (non-hydrogen) atoms. The van der Waals surface area contributed by atoms with Gasteiger partial charge in [-0.15, -0.1) is 0 Å². The summed E-state index contributed by atoms with van der Waals surface area (Å²) in [7, 11) is 0. The van der Waals surface area contributed by atoms with Crippen molar-refractivity contribution < 1.29 is 28.7 Å². The molecule has 3 aromatic rings. The first-order valence-electron chi connectivity index (χ1n) is 9.53. The summed E-state index contributed by atoms with van der Waals surface area (Å²) in [6, 6.07) is 3.78. The normalized spacial score (nSPS) is 10.5. The van der Waals surface area contributed by atoms with Crippen LogP contribution in [0.3, 0.4) is 0 Å². The minimum atomic E-state index is -1.12. The molecule has 0 saturated carbocycles. The van der Waals surface area contributed by atoms with Gasteiger partial charge >= 0.3 is 57.4 Å². The molecule has 0 saturated heterocycles. The van der Waals surface area contributed by atoms with Crippen molar-refractivity contribution in [2.75, 3.05) is 5.32 Å². The minimum absolute atomic E-state index is 0. The molecule has 2 aromatic heterocycles. The molecule has 1 aromatic carbocycles. The van der Waals surface area contributed by atoms with Crippen LogP contribution in [0.2, 0.25) is 0 Å². The number of carbonyl (C=O) groups is 2. The second-order valence-corrected chi connectivity index (χ2v) is 6.72. The van der Waals surface area contributed by atoms with E-state index in [1.807, 2.05) is 13.8 Å². The molecule has 0 bridgehead atoms. The summed E-state index contributed by atoms with van der Waals surface area (Å²) in [5, 5.41) is 25.2. The summed E-state index contributed by atoms with van der Waals surface area (Å²) in [6.07, 6.45) is 3.80. The molecule has 0 aliphatic rings. The summed E-state index contributed by atoms with van der Waals surface area (Å²) >= 11 is 0. The zero-order valence-electron chi connectivity index (χ0n) is 16.6. The zero-order valence-corrected chi connectivity index (χ0v) is 16.6. The summed E-state index contributed by atoms with van der Waals surface area (Å²) < 4.78 is 21.2. The molecule has 2 heterocycles. The quantitative estimate of drug-likeness (QED) is 0.449. The van der Waals surface area contributed by atoms with Gasteiger partial charge < -0.3 is 24.6 Å². The Balaban J connectivity index is 0.00000341. The fourth-order valence-electron chi connectivity index (χ4n) is 3.21. The first-order chi connectivity index (χ1) is 14.3. The first-order valence-corrected chi connectivity index (χ1v) is 9.53. The number of anilines is 1. The number of aryl methyl sites for hydroxylation is 2. The molecule has 10 heteroatoms. The Labute approximate surface area is 220 Å². The van der Waals surface area contributed by atoms with Crippen molar-refractivity contribution >= 4 is 68.9 Å². The standard InChI is InChI=1S/C21H22FN3O5.K.H/c1-3-13-18(30-24-20(13)14-6-5-12(26)9-16(14)22)7-8-19(27)23-17-11-25(4-2)10-15(17)21(28)29;;/h5-6,9-11,26H,3-4,7-8H2,1-2H3,(H,23,27)(H,28,29);;. The van der Waals surface area contributed by atoms with Crippen LogP contribution in [0.25, 0.3) is 11.3 Å². The number of aromatic hydroxyl groups is 1. The third-order valence-corrected chi connectivity index (χ3v) is 4.76. The molecular formula is C21H23FKN3O5. The number of benzene rings is 1. The molecule has 0 fully saturated rings. The number of carboxylic acids is 1. The predicted molar refractivity (Wildman–Crippen MR) is 114 cm³/mol. The number of nitrogens with zero attached hydrogens (tertiary/aromatic N) is 2. The maximum absolute atomic E-state index is 14.2. The van der Waals surface area contributed by atoms with E-state index in [1.165, 1.54) is 18.3 Å². The number of nitrogens with one attached hydrogen (secondary N) is 1. The molecule has 0 spiro atoms. The van der Waals surface area contributed by atoms with Gasteiger partial charge in [0.15, 0.2) is 0 Å². The van der Waals surface area contributed by atoms with E-state index in [2.05, 4.69) is 10.5 Å². The fraction of sp³-hybridized carbons (Fsp3) is 0.286. The van der Waals surface area contributed by atoms with Crippen molar-refractivity contribution in [1.29, 1.82) is 0 Å². The van der Waals surface area contributed by atoms with Crippen LogP contribution < -0.4 is 5.32 Å². The Hall–Kier alpha value is -1.98. The number of aromatic carboxylic acids is 1. The molecule has 0 aliphatic heterocycles. The number of halogens is 1. The van der Waals surface area contributed by atoms with Gasteiger partial charge in [-0.05, 0) is 25.5 Å². The van der Waals surface area contributed by atoms with Crippen molar-refractivity contribution in [3.8, 4) is 17.0 Å². The van der Waals surface area contributed by atoms with Gasteiger partial charge in [0.2, 0.25) is 5.91 Å². The molecule has 1 amide bonds. The molecule has 0 atom stereocenters. The molecule has 8 nitrogen and oxygen atoms in total. The van der Waals surface area contributed by atoms with Gasteiger partial charge in [0, 0.05) is 49.0 Å². The number of rotatable bonds is 8. The monoisotopic (exact) mass is 455 g/mol. The van der Waals surface area contributed by atoms with E-state index >= 15 is 0 Å². The maximum atomic E-state index is 14.2. The van der Waals surface area contributed by atoms with Gasteiger partial charge in [0.1, 0.15) is 28.6 Å². The Kier molecular flexibility index (Phi) is 9.01. The Morgan fingerprint density at radius 2 is 2.00 bits per heavy atom. The molecule has 3 rings (SSSR count). The van der Waals surface area contributed by atoms with Crippen LogP contribution in [0.1, 0.15) is 41.9 Å². The van der Waals surface area contributed by atoms with Gasteiger partial charge in [-0.2, -0.15) is 0 Å². The zero-order chi connectivity index (χ0) is 21.8. The topological polar surface area (TPSA) is 118 Å². The van der Waals surface area contributed by atoms with Crippen LogP contribution in [0.4, 0.5) is 10.1 Å². The van der Waals surface area contributed by atoms with Crippen molar-refractivity contribution in [3.05, 3.63) is 53.3 Å². The van der Waals surface area contributed by atoms with Crippen molar-refractivity contribution in [3.63, 3.8) is 0 Å². The molecule has 3 N–H and O–H groups in total. The summed E-state index contributed by atoms with van der Waals surface area (Å²) in [5.74, 6) is -1.85. The van der Waals surface area contributed by atoms with Crippen molar-refractivity contribution in [2.45, 2.75) is 39.7 Å². The second kappa shape index (κ2) is 11.1. The number of aromatic nitrogens is 2. The summed E-state index contributed by atoms with van der Waals surface area (Å²) in [6.45, 7) is 4.30. The number of phenols is 1. The number of carboxylic acid groups (broad SMARTS) is 1. The van der Waals surface area contributed by atoms with Crippen LogP contribution >= 0.6 is 0 Å². The molecule has 0 radical (unpaired) electrons. The van der Waals surface area contributed by atoms with Gasteiger partial charge in [-0.1, -0.05) is 12.1 Å². The van der Waals surface area contributed by atoms with Crippen LogP contribution in [-0.2, 0) is 24.2 Å². The van der Waals surface area contributed by atoms with Crippen molar-refractivity contribution in [2.24, 2.45) is 0 Å². The van der Waals surface area contributed by atoms with Crippen LogP contribution in [0.15, 0.2) is 35.1 Å². The van der Waals surface area contributed by atoms with Gasteiger partial charge in [0.25, 0.3) is 0 Å². The number of amides is 1. The van der Waals surface area contributed by atoms with Crippen LogP contribution in [0.5, 0.6) is 5.75 Å². The van der Waals surface area contributed by atoms with E-state index in [1.54, 1.807) is 10.8 Å². The SMILES string of the molecule is CCc1c(-c2ccc(O)cc2F)noc1CCC(=O)Nc1cn(CC)cc1C(=O)O.[KH]. The van der Waals surface area contributed by atoms with Crippen LogP contribution in [-0.4, -0.2) is 83.2 Å². The summed E-state index contributed by atoms with van der Waals surface area (Å²) in [4.78, 5) is 23.7. The van der Waals surface area contributed by atoms with E-state index in [-0.39, 0.29) is 92.7 Å². The number of carbonyl (C=O) groups excluding carboxylic acids is 1. The van der Waals surface area contributed by atoms with Gasteiger partial charge in [-0.3, -0.25) is 4.79 Å². The molecule has 0 aliphatic carbocycles. The predicted octanol–water partition coefficient (Wildman–Crippen LogP) is 3.19. The third kappa shape index (κ3) is 5.83. The average molecular weight is 456 g/mol. The molecule has 160 valence electrons. The average Bonchev–Trinajstić information content (AvgIpc) is 3.30. The van der Waals surface area contributed by atoms with E-state index in [9.17, 15) is 24.2 Å².